The molecule has 2 N–H and O–H groups in total. The van der Waals surface area contributed by atoms with Crippen molar-refractivity contribution in [2.24, 2.45) is 17.6 Å². The first-order chi connectivity index (χ1) is 17.8. The lowest BCUT2D eigenvalue weighted by molar-refractivity contribution is -0.133. The van der Waals surface area contributed by atoms with Gasteiger partial charge in [-0.2, -0.15) is 8.78 Å². The minimum atomic E-state index is -2.99. The number of nitrogens with two attached hydrogens (primary N) is 1. The zero-order valence-electron chi connectivity index (χ0n) is 20.8. The summed E-state index contributed by atoms with van der Waals surface area (Å²) in [5.74, 6) is 1.20. The maximum atomic E-state index is 13.4. The minimum Gasteiger partial charge on any atom is -0.489 e. The minimum absolute atomic E-state index is 0.0798. The molecule has 2 amide bonds. The molecule has 2 aliphatic carbocycles. The van der Waals surface area contributed by atoms with Crippen LogP contribution >= 0.6 is 0 Å². The SMILES string of the molecule is C[C@H](N)c1oc(-c2ccc(OC(F)F)c(OCC3CC3)c2)nc1C(=O)N1CCN(C(=O)CC2CC2)CC1. The van der Waals surface area contributed by atoms with E-state index in [1.165, 1.54) is 18.2 Å². The Morgan fingerprint density at radius 2 is 1.76 bits per heavy atom. The van der Waals surface area contributed by atoms with E-state index in [4.69, 9.17) is 14.9 Å². The van der Waals surface area contributed by atoms with Crippen molar-refractivity contribution < 1.29 is 32.3 Å². The lowest BCUT2D eigenvalue weighted by Crippen LogP contribution is -2.50. The lowest BCUT2D eigenvalue weighted by atomic mass is 10.2. The Balaban J connectivity index is 1.33. The highest BCUT2D eigenvalue weighted by atomic mass is 19.3. The summed E-state index contributed by atoms with van der Waals surface area (Å²) in [5.41, 5.74) is 6.65. The van der Waals surface area contributed by atoms with Gasteiger partial charge in [0.25, 0.3) is 5.91 Å². The van der Waals surface area contributed by atoms with E-state index in [1.807, 2.05) is 4.90 Å². The lowest BCUT2D eigenvalue weighted by Gasteiger charge is -2.34. The van der Waals surface area contributed by atoms with E-state index in [0.29, 0.717) is 56.6 Å². The number of hydrogen-bond acceptors (Lipinski definition) is 7. The Morgan fingerprint density at radius 1 is 1.08 bits per heavy atom. The summed E-state index contributed by atoms with van der Waals surface area (Å²) in [6.45, 7) is 0.849. The molecular formula is C26H32F2N4O5. The highest BCUT2D eigenvalue weighted by Crippen LogP contribution is 2.37. The van der Waals surface area contributed by atoms with Gasteiger partial charge in [-0.05, 0) is 62.6 Å². The molecule has 5 rings (SSSR count). The number of piperazine rings is 1. The third kappa shape index (κ3) is 6.20. The first-order valence-electron chi connectivity index (χ1n) is 12.8. The van der Waals surface area contributed by atoms with Crippen molar-refractivity contribution >= 4 is 11.8 Å². The Kier molecular flexibility index (Phi) is 7.32. The largest absolute Gasteiger partial charge is 0.489 e. The number of oxazole rings is 1. The van der Waals surface area contributed by atoms with E-state index >= 15 is 0 Å². The standard InChI is InChI=1S/C26H32F2N4O5/c1-15(29)23-22(25(34)32-10-8-31(9-11-32)21(33)12-16-2-3-16)30-24(37-23)18-6-7-19(36-26(27)28)20(13-18)35-14-17-4-5-17/h6-7,13,15-17,26H,2-5,8-12,14,29H2,1H3/t15-/m0/s1. The van der Waals surface area contributed by atoms with Crippen LogP contribution in [0, 0.1) is 11.8 Å². The molecule has 0 unspecified atom stereocenters. The van der Waals surface area contributed by atoms with Gasteiger partial charge in [0.15, 0.2) is 23.0 Å². The zero-order chi connectivity index (χ0) is 26.1. The molecular weight excluding hydrogens is 486 g/mol. The molecule has 37 heavy (non-hydrogen) atoms. The van der Waals surface area contributed by atoms with Crippen LogP contribution in [0.4, 0.5) is 8.78 Å². The van der Waals surface area contributed by atoms with Gasteiger partial charge in [-0.1, -0.05) is 0 Å². The monoisotopic (exact) mass is 518 g/mol. The average Bonchev–Trinajstić information content (AvgIpc) is 3.81. The first kappa shape index (κ1) is 25.4. The van der Waals surface area contributed by atoms with Gasteiger partial charge in [0.05, 0.1) is 12.6 Å². The quantitative estimate of drug-likeness (QED) is 0.509. The van der Waals surface area contributed by atoms with Crippen LogP contribution in [-0.4, -0.2) is 66.0 Å². The smallest absolute Gasteiger partial charge is 0.387 e. The summed E-state index contributed by atoms with van der Waals surface area (Å²) in [4.78, 5) is 33.7. The predicted molar refractivity (Wildman–Crippen MR) is 129 cm³/mol. The summed E-state index contributed by atoms with van der Waals surface area (Å²) < 4.78 is 42.0. The number of rotatable bonds is 10. The number of carbonyl (C=O) groups excluding carboxylic acids is 2. The van der Waals surface area contributed by atoms with Crippen molar-refractivity contribution in [3.05, 3.63) is 29.7 Å². The first-order valence-corrected chi connectivity index (χ1v) is 12.8. The molecule has 11 heteroatoms. The van der Waals surface area contributed by atoms with Gasteiger partial charge in [0.2, 0.25) is 11.8 Å². The number of carbonyl (C=O) groups is 2. The molecule has 2 aromatic rings. The molecule has 9 nitrogen and oxygen atoms in total. The summed E-state index contributed by atoms with van der Waals surface area (Å²) >= 11 is 0. The Labute approximate surface area is 213 Å². The Morgan fingerprint density at radius 3 is 2.38 bits per heavy atom. The van der Waals surface area contributed by atoms with Crippen molar-refractivity contribution in [1.82, 2.24) is 14.8 Å². The highest BCUT2D eigenvalue weighted by molar-refractivity contribution is 5.94. The normalized spacial score (nSPS) is 18.7. The van der Waals surface area contributed by atoms with Gasteiger partial charge in [0, 0.05) is 38.2 Å². The summed E-state index contributed by atoms with van der Waals surface area (Å²) in [6.07, 6.45) is 4.90. The maximum Gasteiger partial charge on any atom is 0.387 e. The van der Waals surface area contributed by atoms with Crippen molar-refractivity contribution in [2.75, 3.05) is 32.8 Å². The van der Waals surface area contributed by atoms with E-state index < -0.39 is 12.7 Å². The average molecular weight is 519 g/mol. The van der Waals surface area contributed by atoms with Gasteiger partial charge in [-0.25, -0.2) is 4.98 Å². The third-order valence-electron chi connectivity index (χ3n) is 6.93. The summed E-state index contributed by atoms with van der Waals surface area (Å²) in [7, 11) is 0. The van der Waals surface area contributed by atoms with E-state index in [0.717, 1.165) is 25.7 Å². The highest BCUT2D eigenvalue weighted by Gasteiger charge is 2.32. The van der Waals surface area contributed by atoms with Crippen LogP contribution in [0.15, 0.2) is 22.6 Å². The Hall–Kier alpha value is -3.21. The predicted octanol–water partition coefficient (Wildman–Crippen LogP) is 3.84. The molecule has 2 heterocycles. The zero-order valence-corrected chi connectivity index (χ0v) is 20.8. The van der Waals surface area contributed by atoms with E-state index in [1.54, 1.807) is 11.8 Å². The molecule has 1 aromatic carbocycles. The molecule has 0 bridgehead atoms. The second-order valence-electron chi connectivity index (χ2n) is 10.1. The fourth-order valence-corrected chi connectivity index (χ4v) is 4.36. The van der Waals surface area contributed by atoms with Crippen LogP contribution in [0.3, 0.4) is 0 Å². The van der Waals surface area contributed by atoms with Crippen LogP contribution in [0.1, 0.15) is 61.3 Å². The summed E-state index contributed by atoms with van der Waals surface area (Å²) in [5, 5.41) is 0. The third-order valence-corrected chi connectivity index (χ3v) is 6.93. The number of aromatic nitrogens is 1. The van der Waals surface area contributed by atoms with Crippen LogP contribution in [0.2, 0.25) is 0 Å². The van der Waals surface area contributed by atoms with Crippen molar-refractivity contribution in [2.45, 2.75) is 51.7 Å². The molecule has 1 aromatic heterocycles. The maximum absolute atomic E-state index is 13.4. The van der Waals surface area contributed by atoms with E-state index in [2.05, 4.69) is 9.72 Å². The molecule has 1 atom stereocenters. The number of alkyl halides is 2. The van der Waals surface area contributed by atoms with Crippen LogP contribution in [0.5, 0.6) is 11.5 Å². The molecule has 200 valence electrons. The van der Waals surface area contributed by atoms with Crippen molar-refractivity contribution in [3.63, 3.8) is 0 Å². The fourth-order valence-electron chi connectivity index (χ4n) is 4.36. The number of hydrogen-bond donors (Lipinski definition) is 1. The number of halogens is 2. The van der Waals surface area contributed by atoms with E-state index in [9.17, 15) is 18.4 Å². The van der Waals surface area contributed by atoms with Gasteiger partial charge < -0.3 is 29.4 Å². The molecule has 3 fully saturated rings. The van der Waals surface area contributed by atoms with Crippen LogP contribution < -0.4 is 15.2 Å². The van der Waals surface area contributed by atoms with E-state index in [-0.39, 0.29) is 40.7 Å². The van der Waals surface area contributed by atoms with Gasteiger partial charge in [0.1, 0.15) is 0 Å². The van der Waals surface area contributed by atoms with Crippen LogP contribution in [-0.2, 0) is 4.79 Å². The molecule has 1 aliphatic heterocycles. The Bertz CT molecular complexity index is 1140. The van der Waals surface area contributed by atoms with Gasteiger partial charge in [-0.15, -0.1) is 0 Å². The second kappa shape index (κ2) is 10.6. The van der Waals surface area contributed by atoms with Crippen molar-refractivity contribution in [3.8, 4) is 23.0 Å². The molecule has 0 radical (unpaired) electrons. The van der Waals surface area contributed by atoms with Gasteiger partial charge >= 0.3 is 6.61 Å². The fraction of sp³-hybridized carbons (Fsp3) is 0.577. The molecule has 3 aliphatic rings. The van der Waals surface area contributed by atoms with Gasteiger partial charge in [-0.3, -0.25) is 9.59 Å². The second-order valence-corrected chi connectivity index (χ2v) is 10.1. The van der Waals surface area contributed by atoms with Crippen LogP contribution in [0.25, 0.3) is 11.5 Å². The number of ether oxygens (including phenoxy) is 2. The number of benzene rings is 1. The molecule has 0 spiro atoms. The molecule has 2 saturated carbocycles. The molecule has 1 saturated heterocycles. The summed E-state index contributed by atoms with van der Waals surface area (Å²) in [6, 6.07) is 3.82. The number of nitrogens with zero attached hydrogens (tertiary/aromatic N) is 3. The van der Waals surface area contributed by atoms with Crippen molar-refractivity contribution in [1.29, 1.82) is 0 Å². The topological polar surface area (TPSA) is 111 Å². The number of amides is 2.